The summed E-state index contributed by atoms with van der Waals surface area (Å²) in [7, 11) is 0. The van der Waals surface area contributed by atoms with E-state index in [0.29, 0.717) is 11.7 Å². The fourth-order valence-electron chi connectivity index (χ4n) is 4.34. The van der Waals surface area contributed by atoms with Gasteiger partial charge in [0.15, 0.2) is 5.11 Å². The molecule has 3 heterocycles. The van der Waals surface area contributed by atoms with Crippen LogP contribution < -0.4 is 5.32 Å². The van der Waals surface area contributed by atoms with E-state index < -0.39 is 0 Å². The number of hydrogen-bond donors (Lipinski definition) is 2. The lowest BCUT2D eigenvalue weighted by atomic mass is 9.97. The van der Waals surface area contributed by atoms with Crippen molar-refractivity contribution in [3.63, 3.8) is 0 Å². The lowest BCUT2D eigenvalue weighted by Crippen LogP contribution is -2.32. The van der Waals surface area contributed by atoms with Crippen LogP contribution in [0.15, 0.2) is 54.7 Å². The Bertz CT molecular complexity index is 1030. The lowest BCUT2D eigenvalue weighted by Gasteiger charge is -2.27. The van der Waals surface area contributed by atoms with Gasteiger partial charge in [-0.25, -0.2) is 0 Å². The number of nitrogens with one attached hydrogen (secondary N) is 1. The summed E-state index contributed by atoms with van der Waals surface area (Å²) in [5.41, 5.74) is 6.87. The van der Waals surface area contributed by atoms with E-state index in [1.165, 1.54) is 22.5 Å². The average Bonchev–Trinajstić information content (AvgIpc) is 3.18. The number of aromatic nitrogens is 2. The molecule has 6 heteroatoms. The van der Waals surface area contributed by atoms with Crippen LogP contribution >= 0.6 is 12.2 Å². The fourth-order valence-corrected chi connectivity index (χ4v) is 4.68. The number of pyridine rings is 1. The highest BCUT2D eigenvalue weighted by Gasteiger charge is 2.41. The van der Waals surface area contributed by atoms with Gasteiger partial charge < -0.3 is 19.9 Å². The third kappa shape index (κ3) is 3.54. The second kappa shape index (κ2) is 7.97. The van der Waals surface area contributed by atoms with Crippen LogP contribution in [0.4, 0.5) is 0 Å². The molecule has 1 aliphatic heterocycles. The van der Waals surface area contributed by atoms with Gasteiger partial charge in [-0.3, -0.25) is 4.98 Å². The molecule has 0 aliphatic carbocycles. The van der Waals surface area contributed by atoms with E-state index in [4.69, 9.17) is 12.2 Å². The molecule has 4 rings (SSSR count). The summed E-state index contributed by atoms with van der Waals surface area (Å²) >= 11 is 5.62. The molecule has 0 amide bonds. The molecule has 1 aliphatic rings. The first-order valence-corrected chi connectivity index (χ1v) is 10.3. The molecule has 0 saturated carbocycles. The van der Waals surface area contributed by atoms with Crippen molar-refractivity contribution in [3.8, 4) is 5.69 Å². The molecule has 2 N–H and O–H groups in total. The average molecular weight is 407 g/mol. The Morgan fingerprint density at radius 2 is 1.93 bits per heavy atom. The third-order valence-electron chi connectivity index (χ3n) is 5.59. The normalized spacial score (nSPS) is 18.9. The van der Waals surface area contributed by atoms with Crippen molar-refractivity contribution in [3.05, 3.63) is 82.9 Å². The minimum absolute atomic E-state index is 0.0330. The SMILES string of the molecule is Cc1cccc(-n2c(C)cc([C@H]3[C@@H](c4ccccn4)NC(=S)N3CCO)c2C)c1. The minimum atomic E-state index is -0.0679. The Balaban J connectivity index is 1.84. The van der Waals surface area contributed by atoms with Crippen LogP contribution in [0.5, 0.6) is 0 Å². The van der Waals surface area contributed by atoms with E-state index in [2.05, 4.69) is 70.9 Å². The first-order chi connectivity index (χ1) is 14.0. The molecule has 0 spiro atoms. The maximum atomic E-state index is 9.65. The number of benzene rings is 1. The van der Waals surface area contributed by atoms with E-state index in [1.807, 2.05) is 24.4 Å². The van der Waals surface area contributed by atoms with Crippen LogP contribution in [-0.2, 0) is 0 Å². The van der Waals surface area contributed by atoms with Crippen LogP contribution in [0.3, 0.4) is 0 Å². The zero-order valence-corrected chi connectivity index (χ0v) is 17.8. The second-order valence-corrected chi connectivity index (χ2v) is 7.93. The van der Waals surface area contributed by atoms with Crippen LogP contribution in [-0.4, -0.2) is 37.8 Å². The summed E-state index contributed by atoms with van der Waals surface area (Å²) in [4.78, 5) is 6.66. The van der Waals surface area contributed by atoms with Gasteiger partial charge in [0.05, 0.1) is 24.4 Å². The second-order valence-electron chi connectivity index (χ2n) is 7.54. The van der Waals surface area contributed by atoms with Crippen molar-refractivity contribution >= 4 is 17.3 Å². The highest BCUT2D eigenvalue weighted by Crippen LogP contribution is 2.41. The van der Waals surface area contributed by atoms with Gasteiger partial charge in [-0.15, -0.1) is 0 Å². The molecule has 0 bridgehead atoms. The molecule has 2 atom stereocenters. The Kier molecular flexibility index (Phi) is 5.39. The molecule has 1 saturated heterocycles. The maximum absolute atomic E-state index is 9.65. The molecule has 2 aromatic heterocycles. The van der Waals surface area contributed by atoms with Gasteiger partial charge in [0.2, 0.25) is 0 Å². The van der Waals surface area contributed by atoms with Gasteiger partial charge in [-0.2, -0.15) is 0 Å². The summed E-state index contributed by atoms with van der Waals surface area (Å²) in [6, 6.07) is 16.6. The highest BCUT2D eigenvalue weighted by molar-refractivity contribution is 7.80. The van der Waals surface area contributed by atoms with E-state index in [9.17, 15) is 5.11 Å². The van der Waals surface area contributed by atoms with Gasteiger partial charge in [0.25, 0.3) is 0 Å². The Morgan fingerprint density at radius 3 is 2.62 bits per heavy atom. The van der Waals surface area contributed by atoms with Gasteiger partial charge >= 0.3 is 0 Å². The highest BCUT2D eigenvalue weighted by atomic mass is 32.1. The number of rotatable bonds is 5. The monoisotopic (exact) mass is 406 g/mol. The van der Waals surface area contributed by atoms with E-state index in [0.717, 1.165) is 11.4 Å². The van der Waals surface area contributed by atoms with E-state index in [1.54, 1.807) is 0 Å². The zero-order valence-electron chi connectivity index (χ0n) is 17.0. The van der Waals surface area contributed by atoms with Crippen molar-refractivity contribution in [2.75, 3.05) is 13.2 Å². The summed E-state index contributed by atoms with van der Waals surface area (Å²) in [5.74, 6) is 0. The summed E-state index contributed by atoms with van der Waals surface area (Å²) in [5, 5.41) is 13.7. The minimum Gasteiger partial charge on any atom is -0.395 e. The van der Waals surface area contributed by atoms with Crippen LogP contribution in [0, 0.1) is 20.8 Å². The van der Waals surface area contributed by atoms with Crippen molar-refractivity contribution in [1.82, 2.24) is 19.8 Å². The molecular weight excluding hydrogens is 380 g/mol. The molecule has 1 fully saturated rings. The van der Waals surface area contributed by atoms with Crippen LogP contribution in [0.1, 0.15) is 40.3 Å². The molecule has 150 valence electrons. The molecule has 1 aromatic carbocycles. The van der Waals surface area contributed by atoms with Crippen molar-refractivity contribution in [2.24, 2.45) is 0 Å². The smallest absolute Gasteiger partial charge is 0.170 e. The summed E-state index contributed by atoms with van der Waals surface area (Å²) in [6.07, 6.45) is 1.81. The van der Waals surface area contributed by atoms with Crippen molar-refractivity contribution in [2.45, 2.75) is 32.9 Å². The van der Waals surface area contributed by atoms with E-state index >= 15 is 0 Å². The molecule has 5 nitrogen and oxygen atoms in total. The number of aryl methyl sites for hydroxylation is 2. The molecule has 29 heavy (non-hydrogen) atoms. The number of aliphatic hydroxyl groups excluding tert-OH is 1. The number of β-amino-alcohol motifs (C(OH)–C–C–N with tert-alkyl or cyclic N) is 1. The van der Waals surface area contributed by atoms with Gasteiger partial charge in [0, 0.05) is 29.8 Å². The van der Waals surface area contributed by atoms with Crippen LogP contribution in [0.25, 0.3) is 5.69 Å². The maximum Gasteiger partial charge on any atom is 0.170 e. The quantitative estimate of drug-likeness (QED) is 0.632. The zero-order chi connectivity index (χ0) is 20.5. The van der Waals surface area contributed by atoms with Gasteiger partial charge in [-0.1, -0.05) is 18.2 Å². The number of hydrogen-bond acceptors (Lipinski definition) is 3. The first kappa shape index (κ1) is 19.6. The standard InChI is InChI=1S/C23H26N4OS/c1-15-7-6-8-18(13-15)27-16(2)14-19(17(27)3)22-21(20-9-4-5-10-24-20)25-23(29)26(22)11-12-28/h4-10,13-14,21-22,28H,11-12H2,1-3H3,(H,25,29)/t21-,22+/m1/s1. The van der Waals surface area contributed by atoms with Crippen LogP contribution in [0.2, 0.25) is 0 Å². The predicted octanol–water partition coefficient (Wildman–Crippen LogP) is 3.76. The Morgan fingerprint density at radius 1 is 1.10 bits per heavy atom. The summed E-state index contributed by atoms with van der Waals surface area (Å²) in [6.45, 7) is 6.92. The predicted molar refractivity (Wildman–Crippen MR) is 119 cm³/mol. The largest absolute Gasteiger partial charge is 0.395 e. The third-order valence-corrected chi connectivity index (χ3v) is 5.94. The fraction of sp³-hybridized carbons (Fsp3) is 0.304. The lowest BCUT2D eigenvalue weighted by molar-refractivity contribution is 0.223. The van der Waals surface area contributed by atoms with Crippen molar-refractivity contribution in [1.29, 1.82) is 0 Å². The van der Waals surface area contributed by atoms with Gasteiger partial charge in [-0.05, 0) is 74.4 Å². The first-order valence-electron chi connectivity index (χ1n) is 9.86. The number of nitrogens with zero attached hydrogens (tertiary/aromatic N) is 3. The Labute approximate surface area is 177 Å². The van der Waals surface area contributed by atoms with Crippen molar-refractivity contribution < 1.29 is 5.11 Å². The molecule has 3 aromatic rings. The molecule has 0 radical (unpaired) electrons. The van der Waals surface area contributed by atoms with E-state index in [-0.39, 0.29) is 18.7 Å². The topological polar surface area (TPSA) is 53.3 Å². The summed E-state index contributed by atoms with van der Waals surface area (Å²) < 4.78 is 2.29. The number of thiocarbonyl (C=S) groups is 1. The molecular formula is C23H26N4OS. The number of aliphatic hydroxyl groups is 1. The molecule has 0 unspecified atom stereocenters. The Hall–Kier alpha value is -2.70. The van der Waals surface area contributed by atoms with Gasteiger partial charge in [0.1, 0.15) is 0 Å².